The molecule has 1 aromatic heterocycles. The molecule has 0 amide bonds. The fourth-order valence-electron chi connectivity index (χ4n) is 2.57. The number of benzene rings is 2. The van der Waals surface area contributed by atoms with Crippen molar-refractivity contribution in [2.75, 3.05) is 6.26 Å². The van der Waals surface area contributed by atoms with E-state index in [-0.39, 0.29) is 22.5 Å². The number of rotatable bonds is 5. The molecule has 1 N–H and O–H groups in total. The van der Waals surface area contributed by atoms with Crippen molar-refractivity contribution in [3.63, 3.8) is 0 Å². The molecular formula is C19H18O5S. The average molecular weight is 358 g/mol. The van der Waals surface area contributed by atoms with E-state index in [2.05, 4.69) is 0 Å². The van der Waals surface area contributed by atoms with Gasteiger partial charge in [-0.3, -0.25) is 4.79 Å². The van der Waals surface area contributed by atoms with Crippen LogP contribution in [0.5, 0.6) is 5.75 Å². The molecule has 2 aromatic carbocycles. The van der Waals surface area contributed by atoms with E-state index in [1.807, 2.05) is 26.2 Å². The van der Waals surface area contributed by atoms with Gasteiger partial charge in [0.1, 0.15) is 11.3 Å². The van der Waals surface area contributed by atoms with Gasteiger partial charge in [0.05, 0.1) is 27.3 Å². The zero-order valence-electron chi connectivity index (χ0n) is 14.2. The van der Waals surface area contributed by atoms with Gasteiger partial charge in [-0.2, -0.15) is 0 Å². The standard InChI is InChI=1S/C19H18O5S/c1-4-10(2)23-12-8-14-17(20)13-7-11(19(21)22)5-6-15(13)24-18(14)16(9-12)25-3/h5-10H,4H2,1-3H3,(H,21,22). The van der Waals surface area contributed by atoms with E-state index >= 15 is 0 Å². The summed E-state index contributed by atoms with van der Waals surface area (Å²) in [5.41, 5.74) is 0.651. The Morgan fingerprint density at radius 2 is 2.04 bits per heavy atom. The third kappa shape index (κ3) is 3.22. The summed E-state index contributed by atoms with van der Waals surface area (Å²) in [6, 6.07) is 7.83. The summed E-state index contributed by atoms with van der Waals surface area (Å²) in [6.07, 6.45) is 2.78. The second kappa shape index (κ2) is 6.80. The van der Waals surface area contributed by atoms with Crippen molar-refractivity contribution in [2.45, 2.75) is 31.3 Å². The number of fused-ring (bicyclic) bond motifs is 2. The molecule has 3 rings (SSSR count). The predicted octanol–water partition coefficient (Wildman–Crippen LogP) is 4.54. The summed E-state index contributed by atoms with van der Waals surface area (Å²) in [5, 5.41) is 9.78. The average Bonchev–Trinajstić information content (AvgIpc) is 2.61. The Morgan fingerprint density at radius 3 is 2.68 bits per heavy atom. The fraction of sp³-hybridized carbons (Fsp3) is 0.263. The number of ether oxygens (including phenoxy) is 1. The van der Waals surface area contributed by atoms with E-state index < -0.39 is 5.97 Å². The molecule has 25 heavy (non-hydrogen) atoms. The molecule has 0 aliphatic carbocycles. The van der Waals surface area contributed by atoms with Crippen LogP contribution in [0.3, 0.4) is 0 Å². The molecule has 0 spiro atoms. The maximum atomic E-state index is 12.9. The topological polar surface area (TPSA) is 76.7 Å². The van der Waals surface area contributed by atoms with Crippen molar-refractivity contribution in [3.05, 3.63) is 46.1 Å². The Kier molecular flexibility index (Phi) is 4.72. The van der Waals surface area contributed by atoms with E-state index in [4.69, 9.17) is 14.3 Å². The number of carboxylic acids is 1. The zero-order chi connectivity index (χ0) is 18.1. The molecule has 6 heteroatoms. The molecule has 0 bridgehead atoms. The van der Waals surface area contributed by atoms with Crippen LogP contribution in [0.2, 0.25) is 0 Å². The normalized spacial score (nSPS) is 12.4. The Bertz CT molecular complexity index is 1020. The monoisotopic (exact) mass is 358 g/mol. The zero-order valence-corrected chi connectivity index (χ0v) is 15.0. The molecule has 0 aliphatic heterocycles. The minimum atomic E-state index is -1.08. The third-order valence-corrected chi connectivity index (χ3v) is 4.83. The second-order valence-corrected chi connectivity index (χ2v) is 6.63. The lowest BCUT2D eigenvalue weighted by Gasteiger charge is -2.14. The van der Waals surface area contributed by atoms with Gasteiger partial charge in [0, 0.05) is 0 Å². The van der Waals surface area contributed by atoms with E-state index in [1.54, 1.807) is 6.07 Å². The van der Waals surface area contributed by atoms with E-state index in [0.29, 0.717) is 22.3 Å². The molecule has 1 unspecified atom stereocenters. The van der Waals surface area contributed by atoms with Gasteiger partial charge in [0.15, 0.2) is 5.58 Å². The predicted molar refractivity (Wildman–Crippen MR) is 99.1 cm³/mol. The molecular weight excluding hydrogens is 340 g/mol. The minimum absolute atomic E-state index is 0.0262. The molecule has 0 saturated carbocycles. The van der Waals surface area contributed by atoms with Crippen molar-refractivity contribution < 1.29 is 19.1 Å². The summed E-state index contributed by atoms with van der Waals surface area (Å²) in [7, 11) is 0. The number of aromatic carboxylic acids is 1. The minimum Gasteiger partial charge on any atom is -0.491 e. The molecule has 1 heterocycles. The first-order chi connectivity index (χ1) is 11.9. The highest BCUT2D eigenvalue weighted by atomic mass is 32.2. The van der Waals surface area contributed by atoms with Crippen LogP contribution in [0, 0.1) is 0 Å². The summed E-state index contributed by atoms with van der Waals surface area (Å²) < 4.78 is 11.8. The molecule has 0 fully saturated rings. The van der Waals surface area contributed by atoms with Gasteiger partial charge < -0.3 is 14.3 Å². The van der Waals surface area contributed by atoms with Crippen molar-refractivity contribution in [2.24, 2.45) is 0 Å². The number of thioether (sulfide) groups is 1. The Balaban J connectivity index is 2.31. The summed E-state index contributed by atoms with van der Waals surface area (Å²) >= 11 is 1.47. The van der Waals surface area contributed by atoms with Crippen molar-refractivity contribution in [3.8, 4) is 5.75 Å². The maximum absolute atomic E-state index is 12.9. The molecule has 0 saturated heterocycles. The Morgan fingerprint density at radius 1 is 1.28 bits per heavy atom. The van der Waals surface area contributed by atoms with Gasteiger partial charge in [-0.15, -0.1) is 11.8 Å². The molecule has 5 nitrogen and oxygen atoms in total. The Labute approximate surface area is 148 Å². The number of hydrogen-bond acceptors (Lipinski definition) is 5. The molecule has 3 aromatic rings. The number of carboxylic acid groups (broad SMARTS) is 1. The van der Waals surface area contributed by atoms with Gasteiger partial charge in [-0.25, -0.2) is 4.79 Å². The molecule has 0 radical (unpaired) electrons. The van der Waals surface area contributed by atoms with Crippen LogP contribution >= 0.6 is 11.8 Å². The van der Waals surface area contributed by atoms with E-state index in [9.17, 15) is 9.59 Å². The van der Waals surface area contributed by atoms with Gasteiger partial charge in [-0.1, -0.05) is 6.92 Å². The quantitative estimate of drug-likeness (QED) is 0.533. The first kappa shape index (κ1) is 17.4. The fourth-order valence-corrected chi connectivity index (χ4v) is 3.14. The van der Waals surface area contributed by atoms with Crippen molar-refractivity contribution in [1.82, 2.24) is 0 Å². The lowest BCUT2D eigenvalue weighted by molar-refractivity contribution is 0.0697. The van der Waals surface area contributed by atoms with Crippen LogP contribution in [0.4, 0.5) is 0 Å². The van der Waals surface area contributed by atoms with Crippen molar-refractivity contribution >= 4 is 39.7 Å². The van der Waals surface area contributed by atoms with Crippen LogP contribution in [0.1, 0.15) is 30.6 Å². The van der Waals surface area contributed by atoms with Crippen molar-refractivity contribution in [1.29, 1.82) is 0 Å². The lowest BCUT2D eigenvalue weighted by atomic mass is 10.1. The molecule has 1 atom stereocenters. The maximum Gasteiger partial charge on any atom is 0.335 e. The summed E-state index contributed by atoms with van der Waals surface area (Å²) in [4.78, 5) is 24.9. The second-order valence-electron chi connectivity index (χ2n) is 5.79. The van der Waals surface area contributed by atoms with E-state index in [0.717, 1.165) is 11.3 Å². The largest absolute Gasteiger partial charge is 0.491 e. The van der Waals surface area contributed by atoms with Crippen LogP contribution in [-0.4, -0.2) is 23.4 Å². The first-order valence-electron chi connectivity index (χ1n) is 7.93. The SMILES string of the molecule is CCC(C)Oc1cc(SC)c2oc3ccc(C(=O)O)cc3c(=O)c2c1. The smallest absolute Gasteiger partial charge is 0.335 e. The highest BCUT2D eigenvalue weighted by Gasteiger charge is 2.15. The molecule has 130 valence electrons. The lowest BCUT2D eigenvalue weighted by Crippen LogP contribution is -2.11. The third-order valence-electron chi connectivity index (χ3n) is 4.09. The Hall–Kier alpha value is -2.47. The highest BCUT2D eigenvalue weighted by Crippen LogP contribution is 2.32. The number of hydrogen-bond donors (Lipinski definition) is 1. The van der Waals surface area contributed by atoms with Crippen LogP contribution in [-0.2, 0) is 0 Å². The van der Waals surface area contributed by atoms with Crippen LogP contribution in [0.15, 0.2) is 44.4 Å². The van der Waals surface area contributed by atoms with Gasteiger partial charge in [0.25, 0.3) is 0 Å². The highest BCUT2D eigenvalue weighted by molar-refractivity contribution is 7.98. The summed E-state index contributed by atoms with van der Waals surface area (Å²) in [5.74, 6) is -0.479. The first-order valence-corrected chi connectivity index (χ1v) is 9.15. The van der Waals surface area contributed by atoms with Crippen LogP contribution < -0.4 is 10.2 Å². The van der Waals surface area contributed by atoms with E-state index in [1.165, 1.54) is 30.0 Å². The number of carbonyl (C=O) groups is 1. The van der Waals surface area contributed by atoms with Gasteiger partial charge in [-0.05, 0) is 49.9 Å². The summed E-state index contributed by atoms with van der Waals surface area (Å²) in [6.45, 7) is 3.99. The van der Waals surface area contributed by atoms with Crippen LogP contribution in [0.25, 0.3) is 21.9 Å². The van der Waals surface area contributed by atoms with Gasteiger partial charge in [0.2, 0.25) is 5.43 Å². The molecule has 0 aliphatic rings. The van der Waals surface area contributed by atoms with Gasteiger partial charge >= 0.3 is 5.97 Å².